The molecule has 0 radical (unpaired) electrons. The number of nitrogens with zero attached hydrogens (tertiary/aromatic N) is 1. The maximum absolute atomic E-state index is 9.71. The van der Waals surface area contributed by atoms with Crippen LogP contribution in [0.25, 0.3) is 0 Å². The molecule has 3 nitrogen and oxygen atoms in total. The highest BCUT2D eigenvalue weighted by Gasteiger charge is 2.29. The van der Waals surface area contributed by atoms with Gasteiger partial charge < -0.3 is 9.84 Å². The summed E-state index contributed by atoms with van der Waals surface area (Å²) in [4.78, 5) is 2.32. The van der Waals surface area contributed by atoms with Gasteiger partial charge in [-0.1, -0.05) is 6.92 Å². The van der Waals surface area contributed by atoms with E-state index in [2.05, 4.69) is 11.8 Å². The van der Waals surface area contributed by atoms with Crippen LogP contribution in [-0.4, -0.2) is 49.0 Å². The van der Waals surface area contributed by atoms with Gasteiger partial charge in [0.2, 0.25) is 0 Å². The number of aliphatic hydroxyl groups is 1. The second kappa shape index (κ2) is 5.58. The molecule has 1 saturated carbocycles. The van der Waals surface area contributed by atoms with Gasteiger partial charge in [0.05, 0.1) is 12.7 Å². The maximum Gasteiger partial charge on any atom is 0.0695 e. The van der Waals surface area contributed by atoms with Crippen LogP contribution in [0.5, 0.6) is 0 Å². The predicted molar refractivity (Wildman–Crippen MR) is 52.8 cm³/mol. The fourth-order valence-electron chi connectivity index (χ4n) is 2.11. The fraction of sp³-hybridized carbons (Fsp3) is 1.00. The summed E-state index contributed by atoms with van der Waals surface area (Å²) in [6.45, 7) is 4.84. The number of aliphatic hydroxyl groups excluding tert-OH is 1. The molecule has 0 aliphatic heterocycles. The molecule has 0 heterocycles. The Morgan fingerprint density at radius 2 is 2.23 bits per heavy atom. The van der Waals surface area contributed by atoms with E-state index in [9.17, 15) is 5.11 Å². The number of methoxy groups -OCH3 is 1. The number of likely N-dealkylation sites (N-methyl/N-ethyl adjacent to an activating group) is 1. The van der Waals surface area contributed by atoms with Crippen molar-refractivity contribution in [3.63, 3.8) is 0 Å². The van der Waals surface area contributed by atoms with Crippen molar-refractivity contribution in [3.05, 3.63) is 0 Å². The summed E-state index contributed by atoms with van der Waals surface area (Å²) < 4.78 is 5.05. The van der Waals surface area contributed by atoms with Crippen LogP contribution in [-0.2, 0) is 4.74 Å². The summed E-state index contributed by atoms with van der Waals surface area (Å²) in [6.07, 6.45) is 3.15. The van der Waals surface area contributed by atoms with E-state index < -0.39 is 0 Å². The van der Waals surface area contributed by atoms with Gasteiger partial charge in [-0.05, 0) is 25.8 Å². The van der Waals surface area contributed by atoms with Crippen LogP contribution >= 0.6 is 0 Å². The molecular formula is C10H21NO2. The Morgan fingerprint density at radius 3 is 2.69 bits per heavy atom. The number of hydrogen-bond donors (Lipinski definition) is 1. The Kier molecular flexibility index (Phi) is 4.70. The van der Waals surface area contributed by atoms with E-state index in [4.69, 9.17) is 4.74 Å². The highest BCUT2D eigenvalue weighted by atomic mass is 16.5. The van der Waals surface area contributed by atoms with Crippen molar-refractivity contribution >= 4 is 0 Å². The second-order valence-electron chi connectivity index (χ2n) is 3.69. The van der Waals surface area contributed by atoms with E-state index in [-0.39, 0.29) is 6.10 Å². The van der Waals surface area contributed by atoms with Crippen molar-refractivity contribution in [1.29, 1.82) is 0 Å². The van der Waals surface area contributed by atoms with Crippen molar-refractivity contribution in [2.75, 3.05) is 26.8 Å². The van der Waals surface area contributed by atoms with Crippen molar-refractivity contribution in [2.24, 2.45) is 0 Å². The van der Waals surface area contributed by atoms with Gasteiger partial charge in [0, 0.05) is 19.7 Å². The fourth-order valence-corrected chi connectivity index (χ4v) is 2.11. The van der Waals surface area contributed by atoms with Crippen molar-refractivity contribution in [2.45, 2.75) is 38.3 Å². The van der Waals surface area contributed by atoms with Gasteiger partial charge in [-0.3, -0.25) is 4.90 Å². The molecule has 0 aromatic carbocycles. The van der Waals surface area contributed by atoms with Crippen LogP contribution < -0.4 is 0 Å². The van der Waals surface area contributed by atoms with Gasteiger partial charge in [-0.2, -0.15) is 0 Å². The third kappa shape index (κ3) is 2.93. The highest BCUT2D eigenvalue weighted by molar-refractivity contribution is 4.84. The lowest BCUT2D eigenvalue weighted by molar-refractivity contribution is 0.0553. The molecule has 0 amide bonds. The van der Waals surface area contributed by atoms with Crippen molar-refractivity contribution in [1.82, 2.24) is 4.90 Å². The van der Waals surface area contributed by atoms with E-state index in [0.717, 1.165) is 39.0 Å². The van der Waals surface area contributed by atoms with Crippen molar-refractivity contribution < 1.29 is 9.84 Å². The van der Waals surface area contributed by atoms with Crippen LogP contribution in [0.15, 0.2) is 0 Å². The van der Waals surface area contributed by atoms with Crippen LogP contribution in [0, 0.1) is 0 Å². The summed E-state index contributed by atoms with van der Waals surface area (Å²) in [5.74, 6) is 0. The summed E-state index contributed by atoms with van der Waals surface area (Å²) in [6, 6.07) is 0.375. The molecule has 0 aromatic rings. The van der Waals surface area contributed by atoms with Gasteiger partial charge in [-0.25, -0.2) is 0 Å². The molecule has 0 aromatic heterocycles. The zero-order valence-corrected chi connectivity index (χ0v) is 8.70. The lowest BCUT2D eigenvalue weighted by Gasteiger charge is -2.29. The molecule has 2 atom stereocenters. The molecule has 1 aliphatic carbocycles. The molecular weight excluding hydrogens is 166 g/mol. The second-order valence-corrected chi connectivity index (χ2v) is 3.69. The minimum atomic E-state index is -0.114. The van der Waals surface area contributed by atoms with E-state index >= 15 is 0 Å². The molecule has 1 aliphatic rings. The van der Waals surface area contributed by atoms with Gasteiger partial charge >= 0.3 is 0 Å². The van der Waals surface area contributed by atoms with Crippen molar-refractivity contribution in [3.8, 4) is 0 Å². The largest absolute Gasteiger partial charge is 0.391 e. The minimum absolute atomic E-state index is 0.114. The SMILES string of the molecule is CCN(CCOC)[C@@H]1CCC[C@H]1O. The molecule has 3 heteroatoms. The molecule has 0 saturated heterocycles. The molecule has 1 rings (SSSR count). The summed E-state index contributed by atoms with van der Waals surface area (Å²) >= 11 is 0. The minimum Gasteiger partial charge on any atom is -0.391 e. The smallest absolute Gasteiger partial charge is 0.0695 e. The quantitative estimate of drug-likeness (QED) is 0.693. The van der Waals surface area contributed by atoms with Crippen LogP contribution in [0.1, 0.15) is 26.2 Å². The van der Waals surface area contributed by atoms with Gasteiger partial charge in [0.25, 0.3) is 0 Å². The van der Waals surface area contributed by atoms with Crippen LogP contribution in [0.4, 0.5) is 0 Å². The third-order valence-corrected chi connectivity index (χ3v) is 2.90. The van der Waals surface area contributed by atoms with E-state index in [1.165, 1.54) is 0 Å². The zero-order valence-electron chi connectivity index (χ0n) is 8.70. The monoisotopic (exact) mass is 187 g/mol. The first-order valence-corrected chi connectivity index (χ1v) is 5.20. The molecule has 0 spiro atoms. The summed E-state index contributed by atoms with van der Waals surface area (Å²) in [5, 5.41) is 9.71. The van der Waals surface area contributed by atoms with Gasteiger partial charge in [0.1, 0.15) is 0 Å². The number of rotatable bonds is 5. The number of hydrogen-bond acceptors (Lipinski definition) is 3. The molecule has 13 heavy (non-hydrogen) atoms. The summed E-state index contributed by atoms with van der Waals surface area (Å²) in [5.41, 5.74) is 0. The third-order valence-electron chi connectivity index (χ3n) is 2.90. The van der Waals surface area contributed by atoms with Crippen LogP contribution in [0.3, 0.4) is 0 Å². The lowest BCUT2D eigenvalue weighted by atomic mass is 10.2. The Hall–Kier alpha value is -0.120. The molecule has 0 bridgehead atoms. The lowest BCUT2D eigenvalue weighted by Crippen LogP contribution is -2.42. The Morgan fingerprint density at radius 1 is 1.46 bits per heavy atom. The highest BCUT2D eigenvalue weighted by Crippen LogP contribution is 2.23. The van der Waals surface area contributed by atoms with Gasteiger partial charge in [0.15, 0.2) is 0 Å². The van der Waals surface area contributed by atoms with Crippen LogP contribution in [0.2, 0.25) is 0 Å². The average Bonchev–Trinajstić information content (AvgIpc) is 2.54. The normalized spacial score (nSPS) is 28.6. The van der Waals surface area contributed by atoms with E-state index in [1.54, 1.807) is 7.11 Å². The standard InChI is InChI=1S/C10H21NO2/c1-3-11(7-8-13-2)9-5-4-6-10(9)12/h9-10,12H,3-8H2,1-2H3/t9-,10-/m1/s1. The topological polar surface area (TPSA) is 32.7 Å². The summed E-state index contributed by atoms with van der Waals surface area (Å²) in [7, 11) is 1.72. The molecule has 0 unspecified atom stereocenters. The molecule has 78 valence electrons. The Balaban J connectivity index is 2.35. The van der Waals surface area contributed by atoms with E-state index in [1.807, 2.05) is 0 Å². The molecule has 1 N–H and O–H groups in total. The Bertz CT molecular complexity index is 141. The first-order chi connectivity index (χ1) is 6.29. The maximum atomic E-state index is 9.71. The first kappa shape index (κ1) is 11.0. The van der Waals surface area contributed by atoms with E-state index in [0.29, 0.717) is 6.04 Å². The first-order valence-electron chi connectivity index (χ1n) is 5.20. The average molecular weight is 187 g/mol. The predicted octanol–water partition coefficient (Wildman–Crippen LogP) is 0.868. The Labute approximate surface area is 80.7 Å². The zero-order chi connectivity index (χ0) is 9.68. The van der Waals surface area contributed by atoms with Gasteiger partial charge in [-0.15, -0.1) is 0 Å². The molecule has 1 fully saturated rings. The number of ether oxygens (including phenoxy) is 1.